The number of hydrogen-bond acceptors (Lipinski definition) is 0. The van der Waals surface area contributed by atoms with Crippen LogP contribution in [-0.2, 0) is 0 Å². The van der Waals surface area contributed by atoms with Crippen LogP contribution in [0.5, 0.6) is 0 Å². The zero-order valence-corrected chi connectivity index (χ0v) is 37.4. The fraction of sp³-hybridized carbons (Fsp3) is 0. The first-order chi connectivity index (χ1) is 33.7. The summed E-state index contributed by atoms with van der Waals surface area (Å²) in [5, 5.41) is 10.1. The molecular formula is C68H44. The van der Waals surface area contributed by atoms with Crippen LogP contribution < -0.4 is 0 Å². The van der Waals surface area contributed by atoms with Gasteiger partial charge in [-0.1, -0.05) is 218 Å². The summed E-state index contributed by atoms with van der Waals surface area (Å²) in [5.74, 6) is 0. The van der Waals surface area contributed by atoms with Gasteiger partial charge >= 0.3 is 0 Å². The molecule has 0 fully saturated rings. The molecule has 0 aliphatic heterocycles. The van der Waals surface area contributed by atoms with Crippen molar-refractivity contribution in [3.8, 4) is 89.0 Å². The summed E-state index contributed by atoms with van der Waals surface area (Å²) in [7, 11) is 0. The van der Waals surface area contributed by atoms with Gasteiger partial charge in [-0.15, -0.1) is 0 Å². The number of rotatable bonds is 8. The zero-order valence-electron chi connectivity index (χ0n) is 37.4. The Morgan fingerprint density at radius 1 is 0.132 bits per heavy atom. The van der Waals surface area contributed by atoms with Gasteiger partial charge in [-0.2, -0.15) is 0 Å². The second kappa shape index (κ2) is 16.5. The third kappa shape index (κ3) is 7.12. The summed E-state index contributed by atoms with van der Waals surface area (Å²) in [6.45, 7) is 0. The molecule has 0 aliphatic carbocycles. The smallest absolute Gasteiger partial charge is 0.00255 e. The molecule has 68 heavy (non-hydrogen) atoms. The van der Waals surface area contributed by atoms with Gasteiger partial charge in [-0.25, -0.2) is 0 Å². The van der Waals surface area contributed by atoms with Crippen LogP contribution in [0, 0.1) is 0 Å². The maximum Gasteiger partial charge on any atom is -0.00255 e. The van der Waals surface area contributed by atoms with Gasteiger partial charge in [-0.3, -0.25) is 0 Å². The average molecular weight is 861 g/mol. The molecule has 0 heterocycles. The Morgan fingerprint density at radius 2 is 0.294 bits per heavy atom. The number of fused-ring (bicyclic) bond motifs is 2. The van der Waals surface area contributed by atoms with E-state index in [1.165, 1.54) is 132 Å². The van der Waals surface area contributed by atoms with Crippen molar-refractivity contribution in [2.45, 2.75) is 0 Å². The topological polar surface area (TPSA) is 0 Å². The Balaban J connectivity index is 1.06. The molecule has 0 nitrogen and oxygen atoms in total. The minimum atomic E-state index is 1.20. The highest BCUT2D eigenvalue weighted by atomic mass is 14.2. The highest BCUT2D eigenvalue weighted by molar-refractivity contribution is 6.35. The Hall–Kier alpha value is -8.84. The second-order valence-corrected chi connectivity index (χ2v) is 18.1. The van der Waals surface area contributed by atoms with Crippen molar-refractivity contribution in [1.29, 1.82) is 0 Å². The van der Waals surface area contributed by atoms with Gasteiger partial charge in [0, 0.05) is 0 Å². The first-order valence-corrected chi connectivity index (χ1v) is 23.5. The molecule has 0 saturated heterocycles. The van der Waals surface area contributed by atoms with Gasteiger partial charge < -0.3 is 0 Å². The summed E-state index contributed by atoms with van der Waals surface area (Å²) in [4.78, 5) is 0. The van der Waals surface area contributed by atoms with Crippen molar-refractivity contribution in [3.05, 3.63) is 267 Å². The van der Waals surface area contributed by atoms with E-state index in [-0.39, 0.29) is 0 Å². The van der Waals surface area contributed by atoms with Crippen LogP contribution in [0.3, 0.4) is 0 Å². The van der Waals surface area contributed by atoms with E-state index in [4.69, 9.17) is 0 Å². The molecule has 13 aromatic rings. The van der Waals surface area contributed by atoms with E-state index < -0.39 is 0 Å². The van der Waals surface area contributed by atoms with Crippen LogP contribution in [0.15, 0.2) is 267 Å². The largest absolute Gasteiger partial charge is 0.0622 e. The molecule has 13 rings (SSSR count). The Morgan fingerprint density at radius 3 is 0.485 bits per heavy atom. The molecule has 0 spiro atoms. The molecule has 0 unspecified atom stereocenters. The van der Waals surface area contributed by atoms with Gasteiger partial charge in [0.25, 0.3) is 0 Å². The van der Waals surface area contributed by atoms with Gasteiger partial charge in [0.15, 0.2) is 0 Å². The lowest BCUT2D eigenvalue weighted by Gasteiger charge is -2.20. The maximum atomic E-state index is 2.45. The molecule has 0 aliphatic rings. The molecular weight excluding hydrogens is 817 g/mol. The van der Waals surface area contributed by atoms with Crippen LogP contribution in [0.25, 0.3) is 132 Å². The molecule has 0 N–H and O–H groups in total. The zero-order chi connectivity index (χ0) is 45.0. The normalized spacial score (nSPS) is 11.5. The lowest BCUT2D eigenvalue weighted by molar-refractivity contribution is 1.59. The molecule has 316 valence electrons. The van der Waals surface area contributed by atoms with Gasteiger partial charge in [-0.05, 0) is 181 Å². The summed E-state index contributed by atoms with van der Waals surface area (Å²) < 4.78 is 0. The summed E-state index contributed by atoms with van der Waals surface area (Å²) in [6, 6.07) is 98.5. The first kappa shape index (κ1) is 39.5. The Labute approximate surface area is 397 Å². The van der Waals surface area contributed by atoms with E-state index in [0.717, 1.165) is 0 Å². The van der Waals surface area contributed by atoms with Crippen LogP contribution in [0.4, 0.5) is 0 Å². The molecule has 0 saturated carbocycles. The fourth-order valence-electron chi connectivity index (χ4n) is 10.5. The van der Waals surface area contributed by atoms with E-state index >= 15 is 0 Å². The van der Waals surface area contributed by atoms with Gasteiger partial charge in [0.05, 0.1) is 0 Å². The monoisotopic (exact) mass is 860 g/mol. The summed E-state index contributed by atoms with van der Waals surface area (Å²) in [5.41, 5.74) is 19.4. The molecule has 0 bridgehead atoms. The minimum Gasteiger partial charge on any atom is -0.0622 e. The Bertz CT molecular complexity index is 3390. The summed E-state index contributed by atoms with van der Waals surface area (Å²) in [6.07, 6.45) is 0. The molecule has 13 aromatic carbocycles. The van der Waals surface area contributed by atoms with Crippen LogP contribution in [-0.4, -0.2) is 0 Å². The molecule has 0 amide bonds. The van der Waals surface area contributed by atoms with Crippen LogP contribution in [0.1, 0.15) is 0 Å². The lowest BCUT2D eigenvalue weighted by Crippen LogP contribution is -1.92. The van der Waals surface area contributed by atoms with Crippen molar-refractivity contribution >= 4 is 43.1 Å². The number of benzene rings is 13. The van der Waals surface area contributed by atoms with E-state index in [1.807, 2.05) is 0 Å². The highest BCUT2D eigenvalue weighted by Crippen LogP contribution is 2.47. The first-order valence-electron chi connectivity index (χ1n) is 23.5. The third-order valence-corrected chi connectivity index (χ3v) is 14.0. The van der Waals surface area contributed by atoms with Crippen molar-refractivity contribution in [1.82, 2.24) is 0 Å². The number of hydrogen-bond donors (Lipinski definition) is 0. The standard InChI is InChI=1S/C68H44/c1-5-13-45(14-6-1)49-21-29-53(30-22-49)57-37-61-38-58(54-31-23-50(24-32-54)46-15-7-2-8-16-46)43-65-66-44-60(56-35-27-52(28-36-56)48-19-11-4-12-20-48)40-62-39-59(42-64(68(62)66)63(41-57)67(61)65)55-33-25-51(26-34-55)47-17-9-3-10-18-47/h1-44H. The Kier molecular flexibility index (Phi) is 9.62. The molecule has 0 heteroatoms. The lowest BCUT2D eigenvalue weighted by atomic mass is 9.83. The van der Waals surface area contributed by atoms with Crippen LogP contribution in [0.2, 0.25) is 0 Å². The van der Waals surface area contributed by atoms with E-state index in [1.54, 1.807) is 0 Å². The minimum absolute atomic E-state index is 1.20. The van der Waals surface area contributed by atoms with Gasteiger partial charge in [0.1, 0.15) is 0 Å². The van der Waals surface area contributed by atoms with Crippen LogP contribution >= 0.6 is 0 Å². The second-order valence-electron chi connectivity index (χ2n) is 18.1. The van der Waals surface area contributed by atoms with Gasteiger partial charge in [0.2, 0.25) is 0 Å². The van der Waals surface area contributed by atoms with E-state index in [2.05, 4.69) is 267 Å². The van der Waals surface area contributed by atoms with Crippen molar-refractivity contribution in [3.63, 3.8) is 0 Å². The predicted molar refractivity (Wildman–Crippen MR) is 291 cm³/mol. The highest BCUT2D eigenvalue weighted by Gasteiger charge is 2.19. The molecule has 0 radical (unpaired) electrons. The third-order valence-electron chi connectivity index (χ3n) is 14.0. The molecule has 0 aromatic heterocycles. The van der Waals surface area contributed by atoms with Crippen molar-refractivity contribution in [2.75, 3.05) is 0 Å². The quantitative estimate of drug-likeness (QED) is 0.105. The maximum absolute atomic E-state index is 2.45. The average Bonchev–Trinajstić information content (AvgIpc) is 3.43. The van der Waals surface area contributed by atoms with Crippen molar-refractivity contribution in [2.24, 2.45) is 0 Å². The summed E-state index contributed by atoms with van der Waals surface area (Å²) >= 11 is 0. The fourth-order valence-corrected chi connectivity index (χ4v) is 10.5. The molecule has 0 atom stereocenters. The van der Waals surface area contributed by atoms with E-state index in [0.29, 0.717) is 0 Å². The van der Waals surface area contributed by atoms with E-state index in [9.17, 15) is 0 Å². The SMILES string of the molecule is c1ccc(-c2ccc(-c3cc4cc(-c5ccc(-c6ccccc6)cc5)cc5c6cc(-c7ccc(-c8ccccc8)cc7)cc7cc(-c8ccc(-c9ccccc9)cc8)cc(c(c3)c45)c76)cc2)cc1. The van der Waals surface area contributed by atoms with Crippen molar-refractivity contribution < 1.29 is 0 Å². The predicted octanol–water partition coefficient (Wildman–Crippen LogP) is 19.1.